The van der Waals surface area contributed by atoms with Gasteiger partial charge in [0, 0.05) is 11.8 Å². The highest BCUT2D eigenvalue weighted by Crippen LogP contribution is 2.68. The van der Waals surface area contributed by atoms with Gasteiger partial charge in [-0.2, -0.15) is 8.42 Å². The maximum atomic E-state index is 11.9. The van der Waals surface area contributed by atoms with Crippen molar-refractivity contribution in [2.45, 2.75) is 83.8 Å². The summed E-state index contributed by atoms with van der Waals surface area (Å²) in [4.78, 5) is 11.9. The zero-order valence-electron chi connectivity index (χ0n) is 17.0. The average Bonchev–Trinajstić information content (AvgIpc) is 2.87. The third-order valence-electron chi connectivity index (χ3n) is 9.12. The number of hydrogen-bond donors (Lipinski definition) is 2. The van der Waals surface area contributed by atoms with E-state index in [0.29, 0.717) is 30.6 Å². The van der Waals surface area contributed by atoms with Crippen molar-refractivity contribution in [2.24, 2.45) is 28.6 Å². The molecule has 0 spiro atoms. The van der Waals surface area contributed by atoms with Crippen molar-refractivity contribution >= 4 is 16.2 Å². The molecular weight excluding hydrogens is 380 g/mol. The van der Waals surface area contributed by atoms with Gasteiger partial charge in [0.25, 0.3) is 0 Å². The Bertz CT molecular complexity index is 819. The number of carbonyl (C=O) groups is 1. The number of carbonyl (C=O) groups excluding carboxylic acids is 1. The van der Waals surface area contributed by atoms with E-state index in [1.807, 2.05) is 6.08 Å². The van der Waals surface area contributed by atoms with Crippen LogP contribution in [0.15, 0.2) is 11.6 Å². The lowest BCUT2D eigenvalue weighted by molar-refractivity contribution is -0.166. The molecule has 28 heavy (non-hydrogen) atoms. The summed E-state index contributed by atoms with van der Waals surface area (Å²) in [7, 11) is -4.62. The van der Waals surface area contributed by atoms with E-state index in [-0.39, 0.29) is 11.2 Å². The number of ketones is 1. The molecule has 0 amide bonds. The maximum absolute atomic E-state index is 11.9. The highest BCUT2D eigenvalue weighted by molar-refractivity contribution is 7.80. The zero-order chi connectivity index (χ0) is 20.5. The Morgan fingerprint density at radius 1 is 1.11 bits per heavy atom. The first-order chi connectivity index (χ1) is 12.9. The van der Waals surface area contributed by atoms with Crippen LogP contribution in [0.4, 0.5) is 0 Å². The summed E-state index contributed by atoms with van der Waals surface area (Å²) < 4.78 is 36.4. The van der Waals surface area contributed by atoms with Crippen molar-refractivity contribution in [1.82, 2.24) is 0 Å². The molecule has 0 saturated heterocycles. The molecule has 0 aromatic carbocycles. The third-order valence-corrected chi connectivity index (χ3v) is 9.65. The van der Waals surface area contributed by atoms with E-state index >= 15 is 0 Å². The first-order valence-electron chi connectivity index (χ1n) is 10.5. The number of fused-ring (bicyclic) bond motifs is 5. The van der Waals surface area contributed by atoms with E-state index in [1.54, 1.807) is 6.92 Å². The molecule has 7 heteroatoms. The second kappa shape index (κ2) is 6.37. The SMILES string of the molecule is CC(OS(=O)(=O)O)[C@@]1(O)CC[C@H]2[C@@H]3CCC4=CC(=O)CC[C@]4(C)[C@H]3CC[C@@]21C. The van der Waals surface area contributed by atoms with Gasteiger partial charge in [-0.1, -0.05) is 19.4 Å². The van der Waals surface area contributed by atoms with Gasteiger partial charge in [-0.3, -0.25) is 9.35 Å². The minimum absolute atomic E-state index is 0.0649. The van der Waals surface area contributed by atoms with Crippen LogP contribution in [0.3, 0.4) is 0 Å². The van der Waals surface area contributed by atoms with E-state index in [9.17, 15) is 18.3 Å². The minimum Gasteiger partial charge on any atom is -0.387 e. The van der Waals surface area contributed by atoms with Crippen LogP contribution in [0, 0.1) is 28.6 Å². The van der Waals surface area contributed by atoms with Gasteiger partial charge >= 0.3 is 10.4 Å². The standard InChI is InChI=1S/C21H32O6S/c1-13(27-28(24,25)26)21(23)11-8-18-16-5-4-14-12-15(22)6-9-19(14,2)17(16)7-10-20(18,21)3/h12-13,16-18,23H,4-11H2,1-3H3,(H,24,25,26)/t13?,16-,17+,18+,19+,20+,21+/m1/s1. The molecule has 0 aliphatic heterocycles. The second-order valence-corrected chi connectivity index (χ2v) is 11.1. The van der Waals surface area contributed by atoms with Crippen molar-refractivity contribution < 1.29 is 27.1 Å². The Morgan fingerprint density at radius 3 is 2.46 bits per heavy atom. The molecule has 6 nitrogen and oxygen atoms in total. The smallest absolute Gasteiger partial charge is 0.387 e. The van der Waals surface area contributed by atoms with E-state index < -0.39 is 27.5 Å². The lowest BCUT2D eigenvalue weighted by Crippen LogP contribution is -2.58. The summed E-state index contributed by atoms with van der Waals surface area (Å²) in [6.45, 7) is 5.93. The van der Waals surface area contributed by atoms with Crippen molar-refractivity contribution in [3.8, 4) is 0 Å². The molecule has 2 N–H and O–H groups in total. The van der Waals surface area contributed by atoms with Crippen LogP contribution in [0.2, 0.25) is 0 Å². The van der Waals surface area contributed by atoms with Crippen LogP contribution in [0.1, 0.15) is 72.1 Å². The van der Waals surface area contributed by atoms with Gasteiger partial charge in [0.15, 0.2) is 5.78 Å². The summed E-state index contributed by atoms with van der Waals surface area (Å²) in [5, 5.41) is 11.5. The minimum atomic E-state index is -4.62. The first kappa shape index (κ1) is 20.5. The predicted octanol–water partition coefficient (Wildman–Crippen LogP) is 3.46. The Morgan fingerprint density at radius 2 is 1.79 bits per heavy atom. The van der Waals surface area contributed by atoms with Crippen LogP contribution in [0.25, 0.3) is 0 Å². The highest BCUT2D eigenvalue weighted by atomic mass is 32.3. The largest absolute Gasteiger partial charge is 0.397 e. The summed E-state index contributed by atoms with van der Waals surface area (Å²) in [6, 6.07) is 0. The second-order valence-electron chi connectivity index (χ2n) is 10.1. The van der Waals surface area contributed by atoms with Gasteiger partial charge in [0.1, 0.15) is 6.10 Å². The Labute approximate surface area is 167 Å². The van der Waals surface area contributed by atoms with Crippen molar-refractivity contribution in [3.63, 3.8) is 0 Å². The fourth-order valence-corrected chi connectivity index (χ4v) is 8.06. The molecule has 7 atom stereocenters. The van der Waals surface area contributed by atoms with Gasteiger partial charge < -0.3 is 5.11 Å². The fourth-order valence-electron chi connectivity index (χ4n) is 7.54. The van der Waals surface area contributed by atoms with E-state index in [4.69, 9.17) is 8.74 Å². The molecule has 0 heterocycles. The van der Waals surface area contributed by atoms with E-state index in [2.05, 4.69) is 13.8 Å². The summed E-state index contributed by atoms with van der Waals surface area (Å²) in [6.07, 6.45) is 7.45. The Hall–Kier alpha value is -0.760. The van der Waals surface area contributed by atoms with Crippen molar-refractivity contribution in [3.05, 3.63) is 11.6 Å². The zero-order valence-corrected chi connectivity index (χ0v) is 17.8. The number of aliphatic hydroxyl groups is 1. The van der Waals surface area contributed by atoms with E-state index in [0.717, 1.165) is 38.5 Å². The predicted molar refractivity (Wildman–Crippen MR) is 104 cm³/mol. The highest BCUT2D eigenvalue weighted by Gasteiger charge is 2.65. The average molecular weight is 413 g/mol. The lowest BCUT2D eigenvalue weighted by atomic mass is 9.46. The molecule has 3 fully saturated rings. The molecule has 4 aliphatic rings. The monoisotopic (exact) mass is 412 g/mol. The van der Waals surface area contributed by atoms with Gasteiger partial charge in [-0.25, -0.2) is 4.18 Å². The Balaban J connectivity index is 1.64. The fraction of sp³-hybridized carbons (Fsp3) is 0.857. The van der Waals surface area contributed by atoms with Crippen molar-refractivity contribution in [1.29, 1.82) is 0 Å². The number of rotatable bonds is 3. The normalized spacial score (nSPS) is 47.0. The molecule has 4 rings (SSSR count). The van der Waals surface area contributed by atoms with Crippen molar-refractivity contribution in [2.75, 3.05) is 0 Å². The summed E-state index contributed by atoms with van der Waals surface area (Å²) in [5.41, 5.74) is -0.349. The van der Waals surface area contributed by atoms with Crippen LogP contribution in [0.5, 0.6) is 0 Å². The lowest BCUT2D eigenvalue weighted by Gasteiger charge is -2.59. The number of allylic oxidation sites excluding steroid dienone is 1. The van der Waals surface area contributed by atoms with Crippen LogP contribution >= 0.6 is 0 Å². The molecule has 0 aromatic heterocycles. The maximum Gasteiger partial charge on any atom is 0.397 e. The molecule has 4 aliphatic carbocycles. The summed E-state index contributed by atoms with van der Waals surface area (Å²) >= 11 is 0. The summed E-state index contributed by atoms with van der Waals surface area (Å²) in [5.74, 6) is 1.50. The molecule has 158 valence electrons. The molecular formula is C21H32O6S. The molecule has 3 saturated carbocycles. The van der Waals surface area contributed by atoms with Gasteiger partial charge in [-0.05, 0) is 81.1 Å². The molecule has 1 unspecified atom stereocenters. The quantitative estimate of drug-likeness (QED) is 0.689. The van der Waals surface area contributed by atoms with Gasteiger partial charge in [0.05, 0.1) is 5.60 Å². The first-order valence-corrected chi connectivity index (χ1v) is 11.9. The topological polar surface area (TPSA) is 101 Å². The van der Waals surface area contributed by atoms with Crippen LogP contribution in [-0.4, -0.2) is 35.6 Å². The van der Waals surface area contributed by atoms with Gasteiger partial charge in [0.2, 0.25) is 0 Å². The third kappa shape index (κ3) is 2.84. The molecule has 0 radical (unpaired) electrons. The van der Waals surface area contributed by atoms with Crippen LogP contribution in [-0.2, 0) is 19.4 Å². The van der Waals surface area contributed by atoms with Crippen LogP contribution < -0.4 is 0 Å². The molecule has 0 aromatic rings. The van der Waals surface area contributed by atoms with Gasteiger partial charge in [-0.15, -0.1) is 0 Å². The Kier molecular flexibility index (Phi) is 4.66. The molecule has 0 bridgehead atoms. The van der Waals surface area contributed by atoms with E-state index in [1.165, 1.54) is 5.57 Å². The number of hydrogen-bond acceptors (Lipinski definition) is 5.